The number of nitrogens with one attached hydrogen (secondary N) is 1. The van der Waals surface area contributed by atoms with E-state index in [1.54, 1.807) is 0 Å². The minimum atomic E-state index is -0.0496. The van der Waals surface area contributed by atoms with Crippen molar-refractivity contribution in [1.29, 1.82) is 0 Å². The highest BCUT2D eigenvalue weighted by Gasteiger charge is 2.42. The van der Waals surface area contributed by atoms with E-state index in [4.69, 9.17) is 0 Å². The molecule has 0 aliphatic carbocycles. The number of fused-ring (bicyclic) bond motifs is 3. The van der Waals surface area contributed by atoms with Gasteiger partial charge in [0.1, 0.15) is 0 Å². The first-order chi connectivity index (χ1) is 11.2. The lowest BCUT2D eigenvalue weighted by Gasteiger charge is -2.47. The molecule has 2 bridgehead atoms. The fraction of sp³-hybridized carbons (Fsp3) is 0.526. The van der Waals surface area contributed by atoms with Crippen LogP contribution < -0.4 is 5.32 Å². The molecular weight excluding hydrogens is 322 g/mol. The number of carbonyl (C=O) groups excluding carboxylic acids is 1. The molecule has 3 saturated heterocycles. The lowest BCUT2D eigenvalue weighted by molar-refractivity contribution is 0.0266. The number of benzene rings is 1. The van der Waals surface area contributed by atoms with E-state index in [2.05, 4.69) is 35.3 Å². The van der Waals surface area contributed by atoms with Gasteiger partial charge in [-0.1, -0.05) is 12.1 Å². The van der Waals surface area contributed by atoms with Gasteiger partial charge in [0.25, 0.3) is 0 Å². The van der Waals surface area contributed by atoms with Gasteiger partial charge in [-0.15, -0.1) is 12.4 Å². The number of hydrogen-bond acceptors (Lipinski definition) is 3. The minimum absolute atomic E-state index is 0. The summed E-state index contributed by atoms with van der Waals surface area (Å²) in [6.07, 6.45) is 4.48. The molecule has 3 fully saturated rings. The molecule has 128 valence electrons. The Morgan fingerprint density at radius 3 is 2.67 bits per heavy atom. The van der Waals surface area contributed by atoms with E-state index >= 15 is 0 Å². The average Bonchev–Trinajstić information content (AvgIpc) is 2.98. The van der Waals surface area contributed by atoms with Gasteiger partial charge in [0, 0.05) is 24.7 Å². The second-order valence-corrected chi connectivity index (χ2v) is 7.49. The van der Waals surface area contributed by atoms with Crippen LogP contribution in [-0.2, 0) is 6.54 Å². The highest BCUT2D eigenvalue weighted by atomic mass is 35.5. The van der Waals surface area contributed by atoms with Crippen LogP contribution in [-0.4, -0.2) is 41.1 Å². The normalized spacial score (nSPS) is 31.8. The first-order valence-electron chi connectivity index (χ1n) is 8.82. The molecule has 0 saturated carbocycles. The van der Waals surface area contributed by atoms with Crippen LogP contribution >= 0.6 is 12.4 Å². The molecule has 5 heteroatoms. The number of aryl methyl sites for hydroxylation is 1. The van der Waals surface area contributed by atoms with Crippen LogP contribution in [0, 0.1) is 18.8 Å². The number of rotatable bonds is 1. The van der Waals surface area contributed by atoms with E-state index in [1.165, 1.54) is 42.4 Å². The molecule has 1 unspecified atom stereocenters. The number of piperidine rings is 3. The first-order valence-corrected chi connectivity index (χ1v) is 8.82. The van der Waals surface area contributed by atoms with Gasteiger partial charge in [-0.25, -0.2) is 0 Å². The summed E-state index contributed by atoms with van der Waals surface area (Å²) in [6.45, 7) is 6.43. The molecule has 1 aromatic carbocycles. The molecule has 0 spiro atoms. The number of halogens is 1. The molecule has 4 aliphatic rings. The predicted octanol–water partition coefficient (Wildman–Crippen LogP) is 2.83. The second kappa shape index (κ2) is 5.87. The molecule has 2 atom stereocenters. The molecule has 0 amide bonds. The molecule has 4 aliphatic heterocycles. The van der Waals surface area contributed by atoms with Gasteiger partial charge in [-0.3, -0.25) is 9.36 Å². The lowest BCUT2D eigenvalue weighted by Crippen LogP contribution is -2.57. The number of nitrogens with zero attached hydrogens (tertiary/aromatic N) is 2. The Labute approximate surface area is 148 Å². The summed E-state index contributed by atoms with van der Waals surface area (Å²) in [5.41, 5.74) is 3.61. The third kappa shape index (κ3) is 2.24. The molecule has 1 aromatic heterocycles. The van der Waals surface area contributed by atoms with Gasteiger partial charge in [-0.05, 0) is 61.9 Å². The largest absolute Gasteiger partial charge is 0.303 e. The van der Waals surface area contributed by atoms with Crippen LogP contribution in [0.15, 0.2) is 24.4 Å². The Hall–Kier alpha value is -1.36. The topological polar surface area (TPSA) is 37.3 Å². The van der Waals surface area contributed by atoms with Crippen molar-refractivity contribution in [2.75, 3.05) is 19.6 Å². The minimum Gasteiger partial charge on any atom is -0.303 e. The van der Waals surface area contributed by atoms with Gasteiger partial charge in [0.15, 0.2) is 0 Å². The van der Waals surface area contributed by atoms with Crippen LogP contribution in [0.1, 0.15) is 28.8 Å². The molecule has 24 heavy (non-hydrogen) atoms. The van der Waals surface area contributed by atoms with Crippen molar-refractivity contribution >= 4 is 29.2 Å². The van der Waals surface area contributed by atoms with Gasteiger partial charge in [0.05, 0.1) is 11.6 Å². The number of hydrogen-bond donors (Lipinski definition) is 1. The van der Waals surface area contributed by atoms with Crippen molar-refractivity contribution in [3.05, 3.63) is 35.5 Å². The van der Waals surface area contributed by atoms with E-state index in [-0.39, 0.29) is 24.4 Å². The van der Waals surface area contributed by atoms with E-state index < -0.39 is 0 Å². The predicted molar refractivity (Wildman–Crippen MR) is 97.8 cm³/mol. The van der Waals surface area contributed by atoms with Crippen molar-refractivity contribution in [3.63, 3.8) is 0 Å². The Balaban J connectivity index is 0.00000146. The summed E-state index contributed by atoms with van der Waals surface area (Å²) in [5, 5.41) is 4.82. The monoisotopic (exact) mass is 345 g/mol. The smallest absolute Gasteiger partial charge is 0.248 e. The first kappa shape index (κ1) is 16.1. The van der Waals surface area contributed by atoms with E-state index in [0.717, 1.165) is 18.6 Å². The molecule has 5 heterocycles. The maximum Gasteiger partial charge on any atom is 0.248 e. The molecular formula is C19H24ClN3O. The van der Waals surface area contributed by atoms with E-state index in [1.807, 2.05) is 10.8 Å². The second-order valence-electron chi connectivity index (χ2n) is 7.49. The fourth-order valence-electron chi connectivity index (χ4n) is 4.98. The lowest BCUT2D eigenvalue weighted by atomic mass is 9.75. The summed E-state index contributed by atoms with van der Waals surface area (Å²) in [5.74, 6) is 1.40. The maximum atomic E-state index is 13.3. The standard InChI is InChI=1S/C19H23N3O.ClH/c1-12-2-3-14-10-20-17(16-11-21-7-4-13(16)5-8-21)19(23)22-9-6-15(12)18(14)22;/h2-3,6,9,13,16-17,20H,4-5,7-8,10-11H2,1H3;1H/t16?,17-;/m0./s1. The van der Waals surface area contributed by atoms with Gasteiger partial charge < -0.3 is 10.2 Å². The van der Waals surface area contributed by atoms with E-state index in [9.17, 15) is 4.79 Å². The molecule has 2 aromatic rings. The zero-order valence-corrected chi connectivity index (χ0v) is 14.8. The molecule has 1 N–H and O–H groups in total. The van der Waals surface area contributed by atoms with Crippen LogP contribution in [0.25, 0.3) is 10.9 Å². The number of aromatic nitrogens is 1. The summed E-state index contributed by atoms with van der Waals surface area (Å²) in [7, 11) is 0. The fourth-order valence-corrected chi connectivity index (χ4v) is 4.98. The summed E-state index contributed by atoms with van der Waals surface area (Å²) >= 11 is 0. The summed E-state index contributed by atoms with van der Waals surface area (Å²) in [6, 6.07) is 6.40. The quantitative estimate of drug-likeness (QED) is 0.863. The average molecular weight is 346 g/mol. The van der Waals surface area contributed by atoms with Crippen molar-refractivity contribution in [3.8, 4) is 0 Å². The zero-order valence-electron chi connectivity index (χ0n) is 14.0. The summed E-state index contributed by atoms with van der Waals surface area (Å²) in [4.78, 5) is 15.8. The third-order valence-corrected chi connectivity index (χ3v) is 6.30. The van der Waals surface area contributed by atoms with Crippen LogP contribution in [0.5, 0.6) is 0 Å². The van der Waals surface area contributed by atoms with Gasteiger partial charge >= 0.3 is 0 Å². The van der Waals surface area contributed by atoms with E-state index in [0.29, 0.717) is 11.8 Å². The Kier molecular flexibility index (Phi) is 3.94. The van der Waals surface area contributed by atoms with Crippen molar-refractivity contribution < 1.29 is 4.79 Å². The molecule has 6 rings (SSSR count). The number of carbonyl (C=O) groups is 1. The highest BCUT2D eigenvalue weighted by Crippen LogP contribution is 2.36. The van der Waals surface area contributed by atoms with Crippen LogP contribution in [0.2, 0.25) is 0 Å². The molecule has 0 radical (unpaired) electrons. The Morgan fingerprint density at radius 2 is 1.96 bits per heavy atom. The van der Waals surface area contributed by atoms with Crippen molar-refractivity contribution in [2.24, 2.45) is 11.8 Å². The van der Waals surface area contributed by atoms with Crippen molar-refractivity contribution in [2.45, 2.75) is 32.4 Å². The highest BCUT2D eigenvalue weighted by molar-refractivity contribution is 5.98. The molecule has 4 nitrogen and oxygen atoms in total. The van der Waals surface area contributed by atoms with Crippen molar-refractivity contribution in [1.82, 2.24) is 14.8 Å². The maximum absolute atomic E-state index is 13.3. The van der Waals surface area contributed by atoms with Crippen LogP contribution in [0.3, 0.4) is 0 Å². The zero-order chi connectivity index (χ0) is 15.6. The Bertz CT molecular complexity index is 791. The summed E-state index contributed by atoms with van der Waals surface area (Å²) < 4.78 is 1.92. The SMILES string of the molecule is Cc1ccc2c3c1ccn3C(=O)[C@H](C1CN3CCC1CC3)NC2.Cl. The third-order valence-electron chi connectivity index (χ3n) is 6.30. The Morgan fingerprint density at radius 1 is 1.17 bits per heavy atom. The van der Waals surface area contributed by atoms with Gasteiger partial charge in [0.2, 0.25) is 5.91 Å². The van der Waals surface area contributed by atoms with Gasteiger partial charge in [-0.2, -0.15) is 0 Å². The van der Waals surface area contributed by atoms with Crippen LogP contribution in [0.4, 0.5) is 0 Å².